The Morgan fingerprint density at radius 3 is 1.23 bits per heavy atom. The van der Waals surface area contributed by atoms with Gasteiger partial charge in [-0.3, -0.25) is 0 Å². The second kappa shape index (κ2) is 10.7. The molecule has 0 amide bonds. The molecule has 7 rings (SSSR count). The smallest absolute Gasteiger partial charge is 0.00199 e. The largest absolute Gasteiger partial charge is 0.0654 e. The molecule has 7 aromatic rings. The first-order chi connectivity index (χ1) is 19.8. The van der Waals surface area contributed by atoms with Gasteiger partial charge < -0.3 is 0 Å². The Morgan fingerprint density at radius 2 is 0.800 bits per heavy atom. The lowest BCUT2D eigenvalue weighted by Gasteiger charge is -2.18. The fourth-order valence-electron chi connectivity index (χ4n) is 7.24. The second-order valence-electron chi connectivity index (χ2n) is 12.0. The summed E-state index contributed by atoms with van der Waals surface area (Å²) in [6.45, 7) is 4.57. The van der Waals surface area contributed by atoms with Crippen LogP contribution < -0.4 is 0 Å². The standard InChI is InChI=1S/C40H40/c1-3-5-7-9-13-27-19-21-31-29(23-27)25-37-35-17-12-16-34-32-22-20-28(14-10-8-6-4-2)24-30(32)26-38(40(34)35)36-18-11-15-33(31)39(36)37/h11-12,15-26H,3-10,13-14H2,1-2H3. The summed E-state index contributed by atoms with van der Waals surface area (Å²) in [5.74, 6) is 0. The second-order valence-corrected chi connectivity index (χ2v) is 12.0. The Labute approximate surface area is 238 Å². The Hall–Kier alpha value is -3.64. The molecule has 0 bridgehead atoms. The topological polar surface area (TPSA) is 0 Å². The van der Waals surface area contributed by atoms with E-state index < -0.39 is 0 Å². The molecule has 0 spiro atoms. The molecule has 0 N–H and O–H groups in total. The van der Waals surface area contributed by atoms with E-state index in [9.17, 15) is 0 Å². The van der Waals surface area contributed by atoms with Gasteiger partial charge >= 0.3 is 0 Å². The van der Waals surface area contributed by atoms with Gasteiger partial charge in [-0.1, -0.05) is 125 Å². The molecule has 0 aliphatic carbocycles. The molecule has 0 aliphatic heterocycles. The van der Waals surface area contributed by atoms with Crippen molar-refractivity contribution in [3.05, 3.63) is 96.1 Å². The summed E-state index contributed by atoms with van der Waals surface area (Å²) in [6.07, 6.45) is 12.8. The minimum absolute atomic E-state index is 1.17. The summed E-state index contributed by atoms with van der Waals surface area (Å²) in [5, 5.41) is 16.7. The Balaban J connectivity index is 1.45. The van der Waals surface area contributed by atoms with Crippen LogP contribution in [0.15, 0.2) is 84.9 Å². The summed E-state index contributed by atoms with van der Waals surface area (Å²) in [7, 11) is 0. The highest BCUT2D eigenvalue weighted by Crippen LogP contribution is 2.45. The van der Waals surface area contributed by atoms with Crippen molar-refractivity contribution >= 4 is 64.6 Å². The molecule has 0 heteroatoms. The van der Waals surface area contributed by atoms with E-state index in [1.165, 1.54) is 140 Å². The maximum atomic E-state index is 2.48. The first kappa shape index (κ1) is 25.3. The van der Waals surface area contributed by atoms with Crippen LogP contribution in [0.1, 0.15) is 76.3 Å². The summed E-state index contributed by atoms with van der Waals surface area (Å²) < 4.78 is 0. The number of fused-ring (bicyclic) bond motifs is 6. The van der Waals surface area contributed by atoms with E-state index in [0.717, 1.165) is 0 Å². The van der Waals surface area contributed by atoms with Crippen molar-refractivity contribution in [3.63, 3.8) is 0 Å². The molecule has 0 saturated carbocycles. The van der Waals surface area contributed by atoms with Crippen LogP contribution in [0.5, 0.6) is 0 Å². The first-order valence-electron chi connectivity index (χ1n) is 15.7. The van der Waals surface area contributed by atoms with E-state index >= 15 is 0 Å². The van der Waals surface area contributed by atoms with Crippen LogP contribution in [0.4, 0.5) is 0 Å². The van der Waals surface area contributed by atoms with Gasteiger partial charge in [-0.05, 0) is 114 Å². The van der Waals surface area contributed by atoms with Crippen molar-refractivity contribution in [1.82, 2.24) is 0 Å². The monoisotopic (exact) mass is 520 g/mol. The summed E-state index contributed by atoms with van der Waals surface area (Å²) in [6, 6.07) is 33.3. The lowest BCUT2D eigenvalue weighted by Crippen LogP contribution is -1.91. The number of benzene rings is 7. The van der Waals surface area contributed by atoms with Gasteiger partial charge in [0.25, 0.3) is 0 Å². The lowest BCUT2D eigenvalue weighted by molar-refractivity contribution is 0.667. The molecule has 0 fully saturated rings. The Bertz CT molecular complexity index is 1830. The quantitative estimate of drug-likeness (QED) is 0.0955. The fraction of sp³-hybridized carbons (Fsp3) is 0.300. The molecule has 40 heavy (non-hydrogen) atoms. The van der Waals surface area contributed by atoms with Crippen molar-refractivity contribution in [2.24, 2.45) is 0 Å². The normalized spacial score (nSPS) is 12.2. The van der Waals surface area contributed by atoms with Crippen molar-refractivity contribution in [2.75, 3.05) is 0 Å². The zero-order chi connectivity index (χ0) is 27.1. The Kier molecular flexibility index (Phi) is 6.80. The molecular weight excluding hydrogens is 480 g/mol. The number of hydrogen-bond acceptors (Lipinski definition) is 0. The van der Waals surface area contributed by atoms with Gasteiger partial charge in [0.15, 0.2) is 0 Å². The zero-order valence-electron chi connectivity index (χ0n) is 24.2. The van der Waals surface area contributed by atoms with Gasteiger partial charge in [0.1, 0.15) is 0 Å². The SMILES string of the molecule is CCCCCCc1ccc2c(c1)cc1c3cccc4c5ccc(CCCCCC)cc5cc(c5cccc2c51)c43. The highest BCUT2D eigenvalue weighted by molar-refractivity contribution is 6.38. The molecule has 0 heterocycles. The third-order valence-corrected chi connectivity index (χ3v) is 9.30. The molecule has 0 atom stereocenters. The van der Waals surface area contributed by atoms with Gasteiger partial charge in [0, 0.05) is 0 Å². The van der Waals surface area contributed by atoms with Crippen molar-refractivity contribution < 1.29 is 0 Å². The molecule has 0 aromatic heterocycles. The average molecular weight is 521 g/mol. The third-order valence-electron chi connectivity index (χ3n) is 9.30. The van der Waals surface area contributed by atoms with Gasteiger partial charge in [-0.25, -0.2) is 0 Å². The number of aryl methyl sites for hydroxylation is 2. The predicted molar refractivity (Wildman–Crippen MR) is 178 cm³/mol. The average Bonchev–Trinajstić information content (AvgIpc) is 2.99. The van der Waals surface area contributed by atoms with Gasteiger partial charge in [0.05, 0.1) is 0 Å². The van der Waals surface area contributed by atoms with Crippen LogP contribution in [0.25, 0.3) is 64.6 Å². The summed E-state index contributed by atoms with van der Waals surface area (Å²) in [4.78, 5) is 0. The molecule has 0 radical (unpaired) electrons. The lowest BCUT2D eigenvalue weighted by atomic mass is 9.85. The maximum Gasteiger partial charge on any atom is -0.00199 e. The van der Waals surface area contributed by atoms with Crippen molar-refractivity contribution in [3.8, 4) is 0 Å². The van der Waals surface area contributed by atoms with Crippen LogP contribution in [-0.4, -0.2) is 0 Å². The van der Waals surface area contributed by atoms with E-state index in [2.05, 4.69) is 98.8 Å². The van der Waals surface area contributed by atoms with Gasteiger partial charge in [-0.15, -0.1) is 0 Å². The maximum absolute atomic E-state index is 2.48. The van der Waals surface area contributed by atoms with Gasteiger partial charge in [0.2, 0.25) is 0 Å². The van der Waals surface area contributed by atoms with E-state index in [1.807, 2.05) is 0 Å². The van der Waals surface area contributed by atoms with Gasteiger partial charge in [-0.2, -0.15) is 0 Å². The van der Waals surface area contributed by atoms with Crippen LogP contribution in [0.3, 0.4) is 0 Å². The molecular formula is C40H40. The number of hydrogen-bond donors (Lipinski definition) is 0. The number of rotatable bonds is 10. The summed E-state index contributed by atoms with van der Waals surface area (Å²) >= 11 is 0. The highest BCUT2D eigenvalue weighted by atomic mass is 14.2. The fourth-order valence-corrected chi connectivity index (χ4v) is 7.24. The zero-order valence-corrected chi connectivity index (χ0v) is 24.2. The van der Waals surface area contributed by atoms with Crippen molar-refractivity contribution in [1.29, 1.82) is 0 Å². The Morgan fingerprint density at radius 1 is 0.375 bits per heavy atom. The van der Waals surface area contributed by atoms with E-state index in [4.69, 9.17) is 0 Å². The van der Waals surface area contributed by atoms with E-state index in [-0.39, 0.29) is 0 Å². The first-order valence-corrected chi connectivity index (χ1v) is 15.7. The third kappa shape index (κ3) is 4.29. The molecule has 0 saturated heterocycles. The van der Waals surface area contributed by atoms with Crippen LogP contribution >= 0.6 is 0 Å². The molecule has 0 aliphatic rings. The predicted octanol–water partition coefficient (Wildman–Crippen LogP) is 12.3. The summed E-state index contributed by atoms with van der Waals surface area (Å²) in [5.41, 5.74) is 2.94. The highest BCUT2D eigenvalue weighted by Gasteiger charge is 2.17. The molecule has 200 valence electrons. The van der Waals surface area contributed by atoms with Crippen LogP contribution in [0, 0.1) is 0 Å². The molecule has 0 nitrogen and oxygen atoms in total. The number of unbranched alkanes of at least 4 members (excludes halogenated alkanes) is 6. The minimum Gasteiger partial charge on any atom is -0.0654 e. The molecule has 0 unspecified atom stereocenters. The van der Waals surface area contributed by atoms with Crippen LogP contribution in [0.2, 0.25) is 0 Å². The van der Waals surface area contributed by atoms with Crippen molar-refractivity contribution in [2.45, 2.75) is 78.1 Å². The van der Waals surface area contributed by atoms with E-state index in [1.54, 1.807) is 0 Å². The van der Waals surface area contributed by atoms with Crippen LogP contribution in [-0.2, 0) is 12.8 Å². The minimum atomic E-state index is 1.17. The van der Waals surface area contributed by atoms with E-state index in [0.29, 0.717) is 0 Å². The molecule has 7 aromatic carbocycles.